The second-order valence-corrected chi connectivity index (χ2v) is 4.49. The first-order valence-electron chi connectivity index (χ1n) is 6.11. The van der Waals surface area contributed by atoms with Gasteiger partial charge in [0.25, 0.3) is 0 Å². The Labute approximate surface area is 97.2 Å². The molecule has 1 fully saturated rings. The summed E-state index contributed by atoms with van der Waals surface area (Å²) in [6, 6.07) is 9.97. The van der Waals surface area contributed by atoms with Gasteiger partial charge in [0.05, 0.1) is 0 Å². The number of carbonyl (C=O) groups is 1. The minimum absolute atomic E-state index is 0.253. The van der Waals surface area contributed by atoms with Crippen LogP contribution in [0.15, 0.2) is 42.0 Å². The van der Waals surface area contributed by atoms with E-state index in [-0.39, 0.29) is 5.78 Å². The molecule has 0 radical (unpaired) electrons. The van der Waals surface area contributed by atoms with Gasteiger partial charge in [0.2, 0.25) is 0 Å². The van der Waals surface area contributed by atoms with Crippen LogP contribution in [0.25, 0.3) is 0 Å². The topological polar surface area (TPSA) is 17.1 Å². The van der Waals surface area contributed by atoms with Crippen molar-refractivity contribution in [3.63, 3.8) is 0 Å². The highest BCUT2D eigenvalue weighted by atomic mass is 16.1. The predicted molar refractivity (Wildman–Crippen MR) is 66.3 cm³/mol. The van der Waals surface area contributed by atoms with E-state index in [2.05, 4.69) is 0 Å². The van der Waals surface area contributed by atoms with E-state index >= 15 is 0 Å². The van der Waals surface area contributed by atoms with Crippen LogP contribution in [0.4, 0.5) is 0 Å². The molecule has 0 bridgehead atoms. The Hall–Kier alpha value is -1.37. The summed E-state index contributed by atoms with van der Waals surface area (Å²) in [5.74, 6) is 0.253. The number of allylic oxidation sites excluding steroid dienone is 2. The van der Waals surface area contributed by atoms with Crippen LogP contribution in [-0.4, -0.2) is 5.78 Å². The van der Waals surface area contributed by atoms with Gasteiger partial charge in [-0.1, -0.05) is 42.3 Å². The molecule has 1 aromatic rings. The molecule has 0 amide bonds. The Morgan fingerprint density at radius 1 is 1.06 bits per heavy atom. The molecule has 1 saturated carbocycles. The third kappa shape index (κ3) is 3.34. The van der Waals surface area contributed by atoms with E-state index in [9.17, 15) is 4.79 Å². The van der Waals surface area contributed by atoms with Crippen molar-refractivity contribution in [2.24, 2.45) is 0 Å². The standard InChI is InChI=1S/C15H18O/c16-15(11-13-7-3-1-4-8-13)12-14-9-5-2-6-10-14/h1,3-4,7-8,12H,2,5-6,9-11H2. The quantitative estimate of drug-likeness (QED) is 0.701. The van der Waals surface area contributed by atoms with Crippen molar-refractivity contribution in [2.45, 2.75) is 38.5 Å². The molecule has 1 nitrogen and oxygen atoms in total. The van der Waals surface area contributed by atoms with Gasteiger partial charge < -0.3 is 0 Å². The van der Waals surface area contributed by atoms with Crippen LogP contribution >= 0.6 is 0 Å². The van der Waals surface area contributed by atoms with E-state index in [0.29, 0.717) is 6.42 Å². The fourth-order valence-electron chi connectivity index (χ4n) is 2.23. The number of ketones is 1. The van der Waals surface area contributed by atoms with Crippen molar-refractivity contribution < 1.29 is 4.79 Å². The average molecular weight is 214 g/mol. The SMILES string of the molecule is O=C(C=C1CCCCC1)Cc1ccccc1. The lowest BCUT2D eigenvalue weighted by atomic mass is 9.93. The molecule has 0 N–H and O–H groups in total. The molecular weight excluding hydrogens is 196 g/mol. The van der Waals surface area contributed by atoms with Gasteiger partial charge in [0.1, 0.15) is 0 Å². The first-order valence-corrected chi connectivity index (χ1v) is 6.11. The summed E-state index contributed by atoms with van der Waals surface area (Å²) >= 11 is 0. The van der Waals surface area contributed by atoms with Crippen LogP contribution in [-0.2, 0) is 11.2 Å². The lowest BCUT2D eigenvalue weighted by molar-refractivity contribution is -0.114. The van der Waals surface area contributed by atoms with Gasteiger partial charge in [0, 0.05) is 6.42 Å². The zero-order valence-electron chi connectivity index (χ0n) is 9.61. The largest absolute Gasteiger partial charge is 0.294 e. The van der Waals surface area contributed by atoms with Gasteiger partial charge in [0.15, 0.2) is 5.78 Å². The van der Waals surface area contributed by atoms with E-state index in [0.717, 1.165) is 18.4 Å². The fourth-order valence-corrected chi connectivity index (χ4v) is 2.23. The number of rotatable bonds is 3. The van der Waals surface area contributed by atoms with E-state index in [1.807, 2.05) is 36.4 Å². The maximum absolute atomic E-state index is 11.8. The zero-order valence-corrected chi connectivity index (χ0v) is 9.61. The molecule has 2 rings (SSSR count). The Morgan fingerprint density at radius 2 is 1.75 bits per heavy atom. The first-order chi connectivity index (χ1) is 7.84. The molecule has 0 unspecified atom stereocenters. The van der Waals surface area contributed by atoms with Crippen molar-refractivity contribution in [1.82, 2.24) is 0 Å². The molecule has 16 heavy (non-hydrogen) atoms. The number of carbonyl (C=O) groups excluding carboxylic acids is 1. The van der Waals surface area contributed by atoms with Gasteiger partial charge in [-0.25, -0.2) is 0 Å². The average Bonchev–Trinajstić information content (AvgIpc) is 2.31. The van der Waals surface area contributed by atoms with Crippen LogP contribution in [0.5, 0.6) is 0 Å². The molecule has 0 heterocycles. The Balaban J connectivity index is 1.93. The van der Waals surface area contributed by atoms with Crippen molar-refractivity contribution in [3.05, 3.63) is 47.5 Å². The van der Waals surface area contributed by atoms with Crippen LogP contribution in [0, 0.1) is 0 Å². The zero-order chi connectivity index (χ0) is 11.2. The lowest BCUT2D eigenvalue weighted by Gasteiger charge is -2.12. The monoisotopic (exact) mass is 214 g/mol. The van der Waals surface area contributed by atoms with E-state index in [1.165, 1.54) is 24.8 Å². The second-order valence-electron chi connectivity index (χ2n) is 4.49. The van der Waals surface area contributed by atoms with Gasteiger partial charge >= 0.3 is 0 Å². The van der Waals surface area contributed by atoms with Crippen molar-refractivity contribution in [3.8, 4) is 0 Å². The summed E-state index contributed by atoms with van der Waals surface area (Å²) in [5, 5.41) is 0. The lowest BCUT2D eigenvalue weighted by Crippen LogP contribution is -2.02. The molecule has 0 saturated heterocycles. The van der Waals surface area contributed by atoms with Gasteiger partial charge in [-0.2, -0.15) is 0 Å². The molecule has 1 heteroatoms. The normalized spacial score (nSPS) is 15.9. The summed E-state index contributed by atoms with van der Waals surface area (Å²) in [5.41, 5.74) is 2.47. The fraction of sp³-hybridized carbons (Fsp3) is 0.400. The Morgan fingerprint density at radius 3 is 2.44 bits per heavy atom. The first kappa shape index (κ1) is 11.1. The summed E-state index contributed by atoms with van der Waals surface area (Å²) in [6.07, 6.45) is 8.51. The van der Waals surface area contributed by atoms with Crippen LogP contribution < -0.4 is 0 Å². The van der Waals surface area contributed by atoms with Crippen LogP contribution in [0.2, 0.25) is 0 Å². The minimum atomic E-state index is 0.253. The molecule has 0 aliphatic heterocycles. The molecule has 1 aromatic carbocycles. The number of hydrogen-bond acceptors (Lipinski definition) is 1. The molecule has 0 atom stereocenters. The summed E-state index contributed by atoms with van der Waals surface area (Å²) in [6.45, 7) is 0. The molecule has 0 spiro atoms. The second kappa shape index (κ2) is 5.64. The highest BCUT2D eigenvalue weighted by Crippen LogP contribution is 2.22. The third-order valence-corrected chi connectivity index (χ3v) is 3.08. The van der Waals surface area contributed by atoms with Gasteiger partial charge in [-0.15, -0.1) is 0 Å². The highest BCUT2D eigenvalue weighted by Gasteiger charge is 2.07. The smallest absolute Gasteiger partial charge is 0.160 e. The van der Waals surface area contributed by atoms with Crippen LogP contribution in [0.3, 0.4) is 0 Å². The van der Waals surface area contributed by atoms with E-state index in [1.54, 1.807) is 0 Å². The maximum atomic E-state index is 11.8. The molecule has 1 aliphatic rings. The maximum Gasteiger partial charge on any atom is 0.160 e. The van der Waals surface area contributed by atoms with Gasteiger partial charge in [-0.05, 0) is 37.3 Å². The summed E-state index contributed by atoms with van der Waals surface area (Å²) in [4.78, 5) is 11.8. The molecular formula is C15H18O. The summed E-state index contributed by atoms with van der Waals surface area (Å²) in [7, 11) is 0. The minimum Gasteiger partial charge on any atom is -0.294 e. The van der Waals surface area contributed by atoms with Crippen LogP contribution in [0.1, 0.15) is 37.7 Å². The molecule has 84 valence electrons. The Kier molecular flexibility index (Phi) is 3.92. The molecule has 1 aliphatic carbocycles. The van der Waals surface area contributed by atoms with Crippen molar-refractivity contribution >= 4 is 5.78 Å². The Bertz CT molecular complexity index is 368. The van der Waals surface area contributed by atoms with Crippen molar-refractivity contribution in [1.29, 1.82) is 0 Å². The third-order valence-electron chi connectivity index (χ3n) is 3.08. The predicted octanol–water partition coefficient (Wildman–Crippen LogP) is 3.69. The molecule has 0 aromatic heterocycles. The number of hydrogen-bond donors (Lipinski definition) is 0. The van der Waals surface area contributed by atoms with E-state index < -0.39 is 0 Å². The summed E-state index contributed by atoms with van der Waals surface area (Å²) < 4.78 is 0. The highest BCUT2D eigenvalue weighted by molar-refractivity contribution is 5.92. The van der Waals surface area contributed by atoms with Crippen molar-refractivity contribution in [2.75, 3.05) is 0 Å². The number of benzene rings is 1. The van der Waals surface area contributed by atoms with Gasteiger partial charge in [-0.3, -0.25) is 4.79 Å². The van der Waals surface area contributed by atoms with E-state index in [4.69, 9.17) is 0 Å².